The molecule has 7 nitrogen and oxygen atoms in total. The van der Waals surface area contributed by atoms with Gasteiger partial charge < -0.3 is 14.8 Å². The molecule has 32 heavy (non-hydrogen) atoms. The first-order valence-electron chi connectivity index (χ1n) is 10.4. The highest BCUT2D eigenvalue weighted by atomic mass is 79.9. The van der Waals surface area contributed by atoms with E-state index in [1.165, 1.54) is 23.5 Å². The van der Waals surface area contributed by atoms with Crippen LogP contribution in [0.25, 0.3) is 0 Å². The molecule has 1 aromatic heterocycles. The molecule has 1 unspecified atom stereocenters. The number of rotatable bonds is 6. The van der Waals surface area contributed by atoms with Gasteiger partial charge >= 0.3 is 5.97 Å². The van der Waals surface area contributed by atoms with E-state index in [2.05, 4.69) is 31.1 Å². The number of hydrogen-bond acceptors (Lipinski definition) is 8. The zero-order chi connectivity index (χ0) is 22.7. The van der Waals surface area contributed by atoms with Gasteiger partial charge in [0.25, 0.3) is 0 Å². The Morgan fingerprint density at radius 1 is 1.47 bits per heavy atom. The number of ether oxygens (including phenoxy) is 2. The van der Waals surface area contributed by atoms with Crippen LogP contribution in [-0.4, -0.2) is 60.6 Å². The number of aromatic nitrogens is 1. The fraction of sp³-hybridized carbons (Fsp3) is 0.409. The Morgan fingerprint density at radius 3 is 3.00 bits per heavy atom. The summed E-state index contributed by atoms with van der Waals surface area (Å²) in [4.78, 5) is 24.6. The largest absolute Gasteiger partial charge is 0.463 e. The van der Waals surface area contributed by atoms with Crippen LogP contribution < -0.4 is 5.32 Å². The van der Waals surface area contributed by atoms with E-state index < -0.39 is 12.0 Å². The number of hydrogen-bond donors (Lipinski definition) is 1. The standard InChI is InChI=1S/C22H24BrFN4O3S/c1-3-30-22(29)18-17(12-28-7-8-31-13(2)11-28)26-20(21-25-6-9-32-21)27-19(18)15-5-4-14(24)10-16(15)23/h4-6,9-10,13,19H,3,7-8,11-12H2,1-2H3,(H,26,27)/t13-,19?/m1/s1. The first-order chi connectivity index (χ1) is 15.5. The predicted octanol–water partition coefficient (Wildman–Crippen LogP) is 3.67. The molecule has 4 rings (SSSR count). The topological polar surface area (TPSA) is 76.0 Å². The number of esters is 1. The lowest BCUT2D eigenvalue weighted by molar-refractivity contribution is -0.139. The molecule has 0 amide bonds. The number of amidine groups is 1. The third-order valence-electron chi connectivity index (χ3n) is 5.22. The summed E-state index contributed by atoms with van der Waals surface area (Å²) >= 11 is 4.90. The van der Waals surface area contributed by atoms with Gasteiger partial charge in [-0.2, -0.15) is 0 Å². The molecule has 2 atom stereocenters. The lowest BCUT2D eigenvalue weighted by Gasteiger charge is -2.34. The number of carbonyl (C=O) groups is 1. The third-order valence-corrected chi connectivity index (χ3v) is 6.69. The van der Waals surface area contributed by atoms with Crippen LogP contribution in [0.1, 0.15) is 30.5 Å². The van der Waals surface area contributed by atoms with Gasteiger partial charge in [0.15, 0.2) is 10.8 Å². The zero-order valence-electron chi connectivity index (χ0n) is 17.8. The average Bonchev–Trinajstić information content (AvgIpc) is 3.28. The number of benzene rings is 1. The molecular formula is C22H24BrFN4O3S. The smallest absolute Gasteiger partial charge is 0.338 e. The highest BCUT2D eigenvalue weighted by molar-refractivity contribution is 9.10. The van der Waals surface area contributed by atoms with Gasteiger partial charge in [0, 0.05) is 41.4 Å². The average molecular weight is 523 g/mol. The quantitative estimate of drug-likeness (QED) is 0.583. The summed E-state index contributed by atoms with van der Waals surface area (Å²) < 4.78 is 25.4. The van der Waals surface area contributed by atoms with Gasteiger partial charge in [-0.05, 0) is 31.5 Å². The van der Waals surface area contributed by atoms with E-state index in [0.29, 0.717) is 45.3 Å². The second-order valence-electron chi connectivity index (χ2n) is 7.54. The van der Waals surface area contributed by atoms with Crippen molar-refractivity contribution in [1.82, 2.24) is 15.2 Å². The summed E-state index contributed by atoms with van der Waals surface area (Å²) in [5, 5.41) is 5.93. The van der Waals surface area contributed by atoms with Crippen LogP contribution in [-0.2, 0) is 14.3 Å². The lowest BCUT2D eigenvalue weighted by Crippen LogP contribution is -2.45. The maximum atomic E-state index is 13.8. The molecular weight excluding hydrogens is 499 g/mol. The molecule has 3 heterocycles. The van der Waals surface area contributed by atoms with E-state index in [1.54, 1.807) is 19.2 Å². The molecule has 10 heteroatoms. The Balaban J connectivity index is 1.81. The summed E-state index contributed by atoms with van der Waals surface area (Å²) in [7, 11) is 0. The predicted molar refractivity (Wildman–Crippen MR) is 124 cm³/mol. The van der Waals surface area contributed by atoms with Gasteiger partial charge in [-0.25, -0.2) is 14.2 Å². The Bertz CT molecular complexity index is 1040. The van der Waals surface area contributed by atoms with Gasteiger partial charge in [-0.15, -0.1) is 11.3 Å². The number of morpholine rings is 1. The molecule has 0 bridgehead atoms. The van der Waals surface area contributed by atoms with Crippen LogP contribution in [0, 0.1) is 5.82 Å². The van der Waals surface area contributed by atoms with Crippen LogP contribution in [0.5, 0.6) is 0 Å². The van der Waals surface area contributed by atoms with E-state index in [9.17, 15) is 9.18 Å². The van der Waals surface area contributed by atoms with Gasteiger partial charge in [0.2, 0.25) is 0 Å². The highest BCUT2D eigenvalue weighted by Gasteiger charge is 2.35. The Labute approximate surface area is 198 Å². The first-order valence-corrected chi connectivity index (χ1v) is 12.1. The summed E-state index contributed by atoms with van der Waals surface area (Å²) in [6.45, 7) is 6.67. The van der Waals surface area contributed by atoms with Crippen molar-refractivity contribution in [1.29, 1.82) is 0 Å². The lowest BCUT2D eigenvalue weighted by atomic mass is 9.95. The fourth-order valence-electron chi connectivity index (χ4n) is 3.82. The first kappa shape index (κ1) is 23.0. The van der Waals surface area contributed by atoms with Crippen LogP contribution in [0.15, 0.2) is 50.5 Å². The molecule has 2 aromatic rings. The van der Waals surface area contributed by atoms with Gasteiger partial charge in [-0.1, -0.05) is 22.0 Å². The minimum absolute atomic E-state index is 0.105. The number of aliphatic imine (C=N–C) groups is 1. The molecule has 2 aliphatic heterocycles. The second kappa shape index (κ2) is 10.2. The van der Waals surface area contributed by atoms with Gasteiger partial charge in [-0.3, -0.25) is 9.89 Å². The van der Waals surface area contributed by atoms with E-state index >= 15 is 0 Å². The molecule has 0 saturated carbocycles. The SMILES string of the molecule is CCOC(=O)C1=C(CN2CCO[C@H](C)C2)NC(c2nccs2)=NC1c1ccc(F)cc1Br. The van der Waals surface area contributed by atoms with Crippen molar-refractivity contribution >= 4 is 39.1 Å². The summed E-state index contributed by atoms with van der Waals surface area (Å²) in [6, 6.07) is 3.72. The van der Waals surface area contributed by atoms with E-state index in [-0.39, 0.29) is 18.5 Å². The maximum Gasteiger partial charge on any atom is 0.338 e. The monoisotopic (exact) mass is 522 g/mol. The Hall–Kier alpha value is -2.14. The Kier molecular flexibility index (Phi) is 7.34. The van der Waals surface area contributed by atoms with Crippen molar-refractivity contribution in [3.8, 4) is 0 Å². The number of nitrogens with zero attached hydrogens (tertiary/aromatic N) is 3. The fourth-order valence-corrected chi connectivity index (χ4v) is 4.98. The van der Waals surface area contributed by atoms with Crippen molar-refractivity contribution < 1.29 is 18.7 Å². The highest BCUT2D eigenvalue weighted by Crippen LogP contribution is 2.37. The summed E-state index contributed by atoms with van der Waals surface area (Å²) in [6.07, 6.45) is 1.81. The molecule has 2 aliphatic rings. The van der Waals surface area contributed by atoms with Crippen LogP contribution in [0.3, 0.4) is 0 Å². The minimum Gasteiger partial charge on any atom is -0.463 e. The van der Waals surface area contributed by atoms with E-state index in [0.717, 1.165) is 13.1 Å². The molecule has 0 radical (unpaired) electrons. The number of thiazole rings is 1. The number of halogens is 2. The molecule has 1 N–H and O–H groups in total. The number of nitrogens with one attached hydrogen (secondary N) is 1. The summed E-state index contributed by atoms with van der Waals surface area (Å²) in [5.41, 5.74) is 1.80. The van der Waals surface area contributed by atoms with Crippen LogP contribution in [0.2, 0.25) is 0 Å². The molecule has 0 aliphatic carbocycles. The maximum absolute atomic E-state index is 13.8. The van der Waals surface area contributed by atoms with Crippen molar-refractivity contribution in [2.24, 2.45) is 4.99 Å². The van der Waals surface area contributed by atoms with Crippen molar-refractivity contribution in [2.75, 3.05) is 32.8 Å². The Morgan fingerprint density at radius 2 is 2.31 bits per heavy atom. The van der Waals surface area contributed by atoms with E-state index in [1.807, 2.05) is 12.3 Å². The second-order valence-corrected chi connectivity index (χ2v) is 9.29. The van der Waals surface area contributed by atoms with Crippen molar-refractivity contribution in [2.45, 2.75) is 26.0 Å². The molecule has 170 valence electrons. The van der Waals surface area contributed by atoms with Crippen LogP contribution >= 0.6 is 27.3 Å². The summed E-state index contributed by atoms with van der Waals surface area (Å²) in [5.74, 6) is -0.243. The van der Waals surface area contributed by atoms with Gasteiger partial charge in [0.1, 0.15) is 11.9 Å². The van der Waals surface area contributed by atoms with Gasteiger partial charge in [0.05, 0.1) is 24.9 Å². The molecule has 0 spiro atoms. The zero-order valence-corrected chi connectivity index (χ0v) is 20.2. The normalized spacial score (nSPS) is 21.8. The van der Waals surface area contributed by atoms with Crippen molar-refractivity contribution in [3.05, 3.63) is 61.9 Å². The van der Waals surface area contributed by atoms with Crippen molar-refractivity contribution in [3.63, 3.8) is 0 Å². The molecule has 1 aromatic carbocycles. The molecule has 1 saturated heterocycles. The minimum atomic E-state index is -0.669. The molecule has 1 fully saturated rings. The van der Waals surface area contributed by atoms with E-state index in [4.69, 9.17) is 14.5 Å². The van der Waals surface area contributed by atoms with Crippen LogP contribution in [0.4, 0.5) is 4.39 Å². The third kappa shape index (κ3) is 5.09. The number of carbonyl (C=O) groups excluding carboxylic acids is 1.